The normalized spacial score (nSPS) is 15.8. The largest absolute Gasteiger partial charge is 0.493 e. The maximum absolute atomic E-state index is 12.6. The van der Waals surface area contributed by atoms with Crippen molar-refractivity contribution in [2.45, 2.75) is 19.9 Å². The van der Waals surface area contributed by atoms with Crippen LogP contribution in [0, 0.1) is 12.8 Å². The number of carbonyl (C=O) groups is 3. The Balaban J connectivity index is 1.64. The Morgan fingerprint density at radius 3 is 2.63 bits per heavy atom. The molecule has 0 radical (unpaired) electrons. The topological polar surface area (TPSA) is 107 Å². The summed E-state index contributed by atoms with van der Waals surface area (Å²) in [7, 11) is 4.38. The summed E-state index contributed by atoms with van der Waals surface area (Å²) in [6.07, 6.45) is 0.118. The lowest BCUT2D eigenvalue weighted by atomic mass is 10.1. The van der Waals surface area contributed by atoms with Crippen LogP contribution < -0.4 is 14.8 Å². The molecule has 1 aliphatic rings. The zero-order valence-electron chi connectivity index (χ0n) is 17.2. The van der Waals surface area contributed by atoms with Gasteiger partial charge in [-0.3, -0.25) is 9.59 Å². The molecule has 1 aliphatic heterocycles. The first kappa shape index (κ1) is 21.6. The number of ether oxygens (including phenoxy) is 3. The molecule has 1 atom stereocenters. The van der Waals surface area contributed by atoms with Gasteiger partial charge in [-0.05, 0) is 24.6 Å². The quantitative estimate of drug-likeness (QED) is 0.667. The standard InChI is InChI=1S/C20H23N3O6S/c1-11-17(19(26)29-4)21-20(30-11)22-18(25)13-8-16(24)23(10-13)9-12-5-6-14(27-2)15(7-12)28-3/h5-7,13H,8-10H2,1-4H3,(H,21,22,25). The first-order valence-electron chi connectivity index (χ1n) is 9.21. The number of hydrogen-bond donors (Lipinski definition) is 1. The second kappa shape index (κ2) is 9.12. The molecule has 2 heterocycles. The molecule has 30 heavy (non-hydrogen) atoms. The molecule has 0 aliphatic carbocycles. The van der Waals surface area contributed by atoms with E-state index in [4.69, 9.17) is 9.47 Å². The summed E-state index contributed by atoms with van der Waals surface area (Å²) >= 11 is 1.19. The molecular formula is C20H23N3O6S. The maximum atomic E-state index is 12.6. The first-order valence-corrected chi connectivity index (χ1v) is 10.0. The Kier molecular flexibility index (Phi) is 6.56. The summed E-state index contributed by atoms with van der Waals surface area (Å²) in [4.78, 5) is 43.1. The Morgan fingerprint density at radius 1 is 1.23 bits per heavy atom. The molecule has 2 amide bonds. The molecule has 1 aromatic heterocycles. The number of benzene rings is 1. The Hall–Kier alpha value is -3.14. The summed E-state index contributed by atoms with van der Waals surface area (Å²) < 4.78 is 15.2. The Labute approximate surface area is 177 Å². The van der Waals surface area contributed by atoms with Crippen molar-refractivity contribution >= 4 is 34.3 Å². The van der Waals surface area contributed by atoms with Crippen molar-refractivity contribution in [3.8, 4) is 11.5 Å². The summed E-state index contributed by atoms with van der Waals surface area (Å²) in [6, 6.07) is 5.45. The molecule has 9 nitrogen and oxygen atoms in total. The number of likely N-dealkylation sites (tertiary alicyclic amines) is 1. The van der Waals surface area contributed by atoms with Crippen LogP contribution in [0.15, 0.2) is 18.2 Å². The smallest absolute Gasteiger partial charge is 0.357 e. The van der Waals surface area contributed by atoms with Crippen LogP contribution in [0.3, 0.4) is 0 Å². The molecule has 0 bridgehead atoms. The number of esters is 1. The van der Waals surface area contributed by atoms with Crippen molar-refractivity contribution in [3.05, 3.63) is 34.3 Å². The van der Waals surface area contributed by atoms with Crippen LogP contribution in [0.25, 0.3) is 0 Å². The molecule has 160 valence electrons. The van der Waals surface area contributed by atoms with E-state index in [0.717, 1.165) is 5.56 Å². The molecule has 10 heteroatoms. The second-order valence-electron chi connectivity index (χ2n) is 6.77. The molecule has 1 fully saturated rings. The van der Waals surface area contributed by atoms with Crippen LogP contribution in [0.2, 0.25) is 0 Å². The average Bonchev–Trinajstić information content (AvgIpc) is 3.29. The van der Waals surface area contributed by atoms with Crippen molar-refractivity contribution in [2.24, 2.45) is 5.92 Å². The van der Waals surface area contributed by atoms with Gasteiger partial charge in [0.15, 0.2) is 22.3 Å². The van der Waals surface area contributed by atoms with E-state index in [0.29, 0.717) is 34.6 Å². The minimum Gasteiger partial charge on any atom is -0.493 e. The van der Waals surface area contributed by atoms with Crippen molar-refractivity contribution in [1.29, 1.82) is 0 Å². The third kappa shape index (κ3) is 4.54. The number of rotatable bonds is 7. The number of nitrogens with one attached hydrogen (secondary N) is 1. The predicted molar refractivity (Wildman–Crippen MR) is 110 cm³/mol. The van der Waals surface area contributed by atoms with Gasteiger partial charge in [0.05, 0.1) is 27.2 Å². The van der Waals surface area contributed by atoms with Crippen LogP contribution in [-0.4, -0.2) is 55.5 Å². The van der Waals surface area contributed by atoms with Gasteiger partial charge >= 0.3 is 5.97 Å². The van der Waals surface area contributed by atoms with Gasteiger partial charge < -0.3 is 24.4 Å². The summed E-state index contributed by atoms with van der Waals surface area (Å²) in [5.74, 6) is -0.267. The molecule has 3 rings (SSSR count). The average molecular weight is 433 g/mol. The lowest BCUT2D eigenvalue weighted by Crippen LogP contribution is -2.28. The zero-order valence-corrected chi connectivity index (χ0v) is 18.0. The van der Waals surface area contributed by atoms with E-state index in [1.54, 1.807) is 32.1 Å². The summed E-state index contributed by atoms with van der Waals surface area (Å²) in [5, 5.41) is 3.02. The van der Waals surface area contributed by atoms with E-state index < -0.39 is 11.9 Å². The van der Waals surface area contributed by atoms with Crippen LogP contribution in [0.5, 0.6) is 11.5 Å². The number of nitrogens with zero attached hydrogens (tertiary/aromatic N) is 2. The number of aryl methyl sites for hydroxylation is 1. The number of carbonyl (C=O) groups excluding carboxylic acids is 3. The number of hydrogen-bond acceptors (Lipinski definition) is 8. The zero-order chi connectivity index (χ0) is 21.8. The fourth-order valence-corrected chi connectivity index (χ4v) is 4.05. The number of amides is 2. The third-order valence-corrected chi connectivity index (χ3v) is 5.70. The highest BCUT2D eigenvalue weighted by atomic mass is 32.1. The van der Waals surface area contributed by atoms with Crippen molar-refractivity contribution in [2.75, 3.05) is 33.2 Å². The van der Waals surface area contributed by atoms with Gasteiger partial charge in [0.2, 0.25) is 11.8 Å². The number of methoxy groups -OCH3 is 3. The van der Waals surface area contributed by atoms with Gasteiger partial charge in [-0.25, -0.2) is 9.78 Å². The van der Waals surface area contributed by atoms with Gasteiger partial charge in [-0.2, -0.15) is 0 Å². The van der Waals surface area contributed by atoms with E-state index in [1.165, 1.54) is 18.4 Å². The minimum absolute atomic E-state index is 0.101. The second-order valence-corrected chi connectivity index (χ2v) is 7.97. The van der Waals surface area contributed by atoms with Gasteiger partial charge in [0.25, 0.3) is 0 Å². The minimum atomic E-state index is -0.554. The van der Waals surface area contributed by atoms with E-state index in [9.17, 15) is 14.4 Å². The highest BCUT2D eigenvalue weighted by molar-refractivity contribution is 7.16. The fraction of sp³-hybridized carbons (Fsp3) is 0.400. The van der Waals surface area contributed by atoms with Crippen LogP contribution >= 0.6 is 11.3 Å². The highest BCUT2D eigenvalue weighted by Gasteiger charge is 2.35. The predicted octanol–water partition coefficient (Wildman–Crippen LogP) is 2.24. The third-order valence-electron chi connectivity index (χ3n) is 4.81. The van der Waals surface area contributed by atoms with E-state index in [1.807, 2.05) is 12.1 Å². The van der Waals surface area contributed by atoms with Gasteiger partial charge in [-0.15, -0.1) is 11.3 Å². The van der Waals surface area contributed by atoms with Crippen LogP contribution in [-0.2, 0) is 20.9 Å². The highest BCUT2D eigenvalue weighted by Crippen LogP contribution is 2.30. The lowest BCUT2D eigenvalue weighted by molar-refractivity contribution is -0.128. The molecule has 0 saturated carbocycles. The van der Waals surface area contributed by atoms with Crippen molar-refractivity contribution in [3.63, 3.8) is 0 Å². The molecule has 1 saturated heterocycles. The number of thiazole rings is 1. The van der Waals surface area contributed by atoms with Crippen molar-refractivity contribution in [1.82, 2.24) is 9.88 Å². The lowest BCUT2D eigenvalue weighted by Gasteiger charge is -2.17. The molecule has 1 unspecified atom stereocenters. The number of anilines is 1. The Bertz CT molecular complexity index is 973. The van der Waals surface area contributed by atoms with Crippen molar-refractivity contribution < 1.29 is 28.6 Å². The SMILES string of the molecule is COC(=O)c1nc(NC(=O)C2CC(=O)N(Cc3ccc(OC)c(OC)c3)C2)sc1C. The summed E-state index contributed by atoms with van der Waals surface area (Å²) in [5.41, 5.74) is 1.05. The van der Waals surface area contributed by atoms with Crippen LogP contribution in [0.4, 0.5) is 5.13 Å². The van der Waals surface area contributed by atoms with E-state index >= 15 is 0 Å². The maximum Gasteiger partial charge on any atom is 0.357 e. The summed E-state index contributed by atoms with van der Waals surface area (Å²) in [6.45, 7) is 2.39. The van der Waals surface area contributed by atoms with Gasteiger partial charge in [0.1, 0.15) is 0 Å². The number of aromatic nitrogens is 1. The fourth-order valence-electron chi connectivity index (χ4n) is 3.24. The first-order chi connectivity index (χ1) is 14.4. The van der Waals surface area contributed by atoms with Gasteiger partial charge in [0, 0.05) is 24.4 Å². The van der Waals surface area contributed by atoms with Crippen LogP contribution in [0.1, 0.15) is 27.3 Å². The Morgan fingerprint density at radius 2 is 1.97 bits per heavy atom. The van der Waals surface area contributed by atoms with E-state index in [-0.39, 0.29) is 23.9 Å². The molecule has 0 spiro atoms. The monoisotopic (exact) mass is 433 g/mol. The molecule has 1 aromatic carbocycles. The van der Waals surface area contributed by atoms with E-state index in [2.05, 4.69) is 15.0 Å². The molecule has 1 N–H and O–H groups in total. The molecular weight excluding hydrogens is 410 g/mol. The molecule has 2 aromatic rings. The van der Waals surface area contributed by atoms with Gasteiger partial charge in [-0.1, -0.05) is 6.07 Å².